The number of aromatic nitrogens is 2. The molecule has 0 spiro atoms. The number of carbonyl (C=O) groups excluding carboxylic acids is 1. The van der Waals surface area contributed by atoms with Crippen molar-refractivity contribution >= 4 is 6.03 Å². The number of amides is 2. The van der Waals surface area contributed by atoms with Gasteiger partial charge in [-0.05, 0) is 0 Å². The van der Waals surface area contributed by atoms with Crippen molar-refractivity contribution in [1.82, 2.24) is 18.9 Å². The largest absolute Gasteiger partial charge is 0.327 e. The van der Waals surface area contributed by atoms with Crippen LogP contribution in [0.15, 0.2) is 17.2 Å². The van der Waals surface area contributed by atoms with Gasteiger partial charge in [-0.1, -0.05) is 7.43 Å². The maximum absolute atomic E-state index is 10.8. The predicted molar refractivity (Wildman–Crippen MR) is 68.0 cm³/mol. The Hall–Kier alpha value is -1.72. The molecule has 0 aromatic carbocycles. The Morgan fingerprint density at radius 1 is 0.882 bits per heavy atom. The van der Waals surface area contributed by atoms with Crippen molar-refractivity contribution in [3.63, 3.8) is 0 Å². The lowest BCUT2D eigenvalue weighted by Crippen LogP contribution is -2.25. The van der Waals surface area contributed by atoms with E-state index in [0.29, 0.717) is 0 Å². The lowest BCUT2D eigenvalue weighted by atomic mass is 10.6. The van der Waals surface area contributed by atoms with Crippen molar-refractivity contribution in [1.29, 1.82) is 0 Å². The van der Waals surface area contributed by atoms with Crippen LogP contribution in [-0.4, -0.2) is 52.1 Å². The second kappa shape index (κ2) is 6.12. The molecule has 0 radical (unpaired) electrons. The average Bonchev–Trinajstić information content (AvgIpc) is 2.70. The molecule has 6 heteroatoms. The minimum Gasteiger partial charge on any atom is -0.326 e. The third kappa shape index (κ3) is 3.65. The van der Waals surface area contributed by atoms with Gasteiger partial charge in [-0.3, -0.25) is 0 Å². The van der Waals surface area contributed by atoms with E-state index in [2.05, 4.69) is 0 Å². The van der Waals surface area contributed by atoms with E-state index >= 15 is 0 Å². The van der Waals surface area contributed by atoms with Gasteiger partial charge >= 0.3 is 11.7 Å². The van der Waals surface area contributed by atoms with E-state index < -0.39 is 0 Å². The zero-order valence-corrected chi connectivity index (χ0v) is 10.2. The summed E-state index contributed by atoms with van der Waals surface area (Å²) >= 11 is 0. The highest BCUT2D eigenvalue weighted by Gasteiger charge is 2.20. The Kier molecular flexibility index (Phi) is 5.50. The van der Waals surface area contributed by atoms with Gasteiger partial charge < -0.3 is 18.9 Å². The lowest BCUT2D eigenvalue weighted by molar-refractivity contribution is 0.205. The Morgan fingerprint density at radius 3 is 1.35 bits per heavy atom. The topological polar surface area (TPSA) is 50.5 Å². The molecule has 6 nitrogen and oxygen atoms in total. The molecule has 0 N–H and O–H groups in total. The second-order valence-electron chi connectivity index (χ2n) is 3.93. The fraction of sp³-hybridized carbons (Fsp3) is 0.636. The Balaban J connectivity index is 0.000000284. The number of carbonyl (C=O) groups is 1. The van der Waals surface area contributed by atoms with Gasteiger partial charge in [0.05, 0.1) is 0 Å². The standard InChI is InChI=1S/C5H10N2O.C5H8N2O.CH4/c2*1-6-3-4-7(2)5(6)8;/h3-4H2,1-2H3;3-4H,1-2H3;1H4. The number of hydrogen-bond acceptors (Lipinski definition) is 2. The molecule has 1 aliphatic heterocycles. The summed E-state index contributed by atoms with van der Waals surface area (Å²) in [7, 11) is 7.07. The van der Waals surface area contributed by atoms with Crippen molar-refractivity contribution in [3.05, 3.63) is 22.9 Å². The summed E-state index contributed by atoms with van der Waals surface area (Å²) in [4.78, 5) is 24.9. The molecule has 1 aliphatic rings. The number of likely N-dealkylation sites (N-methyl/N-ethyl adjacent to an activating group) is 2. The van der Waals surface area contributed by atoms with Gasteiger partial charge in [0.2, 0.25) is 0 Å². The first-order valence-corrected chi connectivity index (χ1v) is 5.07. The van der Waals surface area contributed by atoms with E-state index in [-0.39, 0.29) is 19.1 Å². The van der Waals surface area contributed by atoms with E-state index in [1.807, 2.05) is 14.1 Å². The molecule has 1 fully saturated rings. The molecule has 0 unspecified atom stereocenters. The van der Waals surface area contributed by atoms with Gasteiger partial charge in [-0.2, -0.15) is 0 Å². The highest BCUT2D eigenvalue weighted by atomic mass is 16.2. The smallest absolute Gasteiger partial charge is 0.326 e. The zero-order chi connectivity index (χ0) is 12.3. The molecule has 0 aliphatic carbocycles. The van der Waals surface area contributed by atoms with Crippen LogP contribution in [0.25, 0.3) is 0 Å². The van der Waals surface area contributed by atoms with Gasteiger partial charge in [0.1, 0.15) is 0 Å². The summed E-state index contributed by atoms with van der Waals surface area (Å²) in [5.74, 6) is 0. The van der Waals surface area contributed by atoms with Crippen molar-refractivity contribution in [3.8, 4) is 0 Å². The van der Waals surface area contributed by atoms with Crippen molar-refractivity contribution < 1.29 is 4.79 Å². The summed E-state index contributed by atoms with van der Waals surface area (Å²) in [6, 6.07) is 0.130. The predicted octanol–water partition coefficient (Wildman–Crippen LogP) is 0.343. The first-order chi connectivity index (χ1) is 7.43. The Labute approximate surface area is 102 Å². The maximum atomic E-state index is 10.8. The minimum atomic E-state index is 0. The number of imidazole rings is 1. The summed E-state index contributed by atoms with van der Waals surface area (Å²) in [6.07, 6.45) is 3.45. The van der Waals surface area contributed by atoms with Crippen LogP contribution in [0.4, 0.5) is 4.79 Å². The first kappa shape index (κ1) is 15.3. The summed E-state index contributed by atoms with van der Waals surface area (Å²) in [6.45, 7) is 1.74. The lowest BCUT2D eigenvalue weighted by Gasteiger charge is -2.07. The van der Waals surface area contributed by atoms with Crippen LogP contribution in [-0.2, 0) is 14.1 Å². The number of nitrogens with zero attached hydrogens (tertiary/aromatic N) is 4. The molecule has 2 amide bonds. The molecular weight excluding hydrogens is 220 g/mol. The monoisotopic (exact) mass is 242 g/mol. The maximum Gasteiger partial charge on any atom is 0.327 e. The number of aryl methyl sites for hydroxylation is 2. The minimum absolute atomic E-state index is 0. The van der Waals surface area contributed by atoms with Crippen molar-refractivity contribution in [2.24, 2.45) is 14.1 Å². The Morgan fingerprint density at radius 2 is 1.24 bits per heavy atom. The van der Waals surface area contributed by atoms with Crippen LogP contribution in [0.1, 0.15) is 7.43 Å². The third-order valence-corrected chi connectivity index (χ3v) is 2.54. The average molecular weight is 242 g/mol. The molecule has 0 bridgehead atoms. The quantitative estimate of drug-likeness (QED) is 0.659. The molecule has 2 rings (SSSR count). The molecule has 0 atom stereocenters. The van der Waals surface area contributed by atoms with Gasteiger partial charge in [0.15, 0.2) is 0 Å². The van der Waals surface area contributed by atoms with Crippen LogP contribution >= 0.6 is 0 Å². The summed E-state index contributed by atoms with van der Waals surface area (Å²) in [5.41, 5.74) is 0.0185. The SMILES string of the molecule is C.CN1CCN(C)C1=O.Cn1ccn(C)c1=O. The molecule has 1 aromatic rings. The molecule has 0 saturated carbocycles. The number of hydrogen-bond donors (Lipinski definition) is 0. The van der Waals surface area contributed by atoms with Crippen molar-refractivity contribution in [2.45, 2.75) is 7.43 Å². The highest BCUT2D eigenvalue weighted by Crippen LogP contribution is 2.00. The third-order valence-electron chi connectivity index (χ3n) is 2.54. The highest BCUT2D eigenvalue weighted by molar-refractivity contribution is 5.75. The second-order valence-corrected chi connectivity index (χ2v) is 3.93. The van der Waals surface area contributed by atoms with Crippen LogP contribution in [0.5, 0.6) is 0 Å². The van der Waals surface area contributed by atoms with E-state index in [1.54, 1.807) is 36.3 Å². The van der Waals surface area contributed by atoms with Crippen LogP contribution in [0.3, 0.4) is 0 Å². The van der Waals surface area contributed by atoms with Gasteiger partial charge in [0.25, 0.3) is 0 Å². The Bertz CT molecular complexity index is 387. The zero-order valence-electron chi connectivity index (χ0n) is 10.2. The molecule has 2 heterocycles. The summed E-state index contributed by atoms with van der Waals surface area (Å²) in [5, 5.41) is 0. The van der Waals surface area contributed by atoms with E-state index in [4.69, 9.17) is 0 Å². The van der Waals surface area contributed by atoms with E-state index in [0.717, 1.165) is 13.1 Å². The van der Waals surface area contributed by atoms with Gasteiger partial charge in [0, 0.05) is 53.7 Å². The molecule has 17 heavy (non-hydrogen) atoms. The van der Waals surface area contributed by atoms with Gasteiger partial charge in [-0.15, -0.1) is 0 Å². The van der Waals surface area contributed by atoms with Crippen LogP contribution in [0.2, 0.25) is 0 Å². The molecule has 1 aromatic heterocycles. The van der Waals surface area contributed by atoms with Gasteiger partial charge in [-0.25, -0.2) is 9.59 Å². The first-order valence-electron chi connectivity index (χ1n) is 5.07. The molecule has 98 valence electrons. The van der Waals surface area contributed by atoms with Crippen LogP contribution in [0, 0.1) is 0 Å². The normalized spacial score (nSPS) is 14.2. The molecular formula is C11H22N4O2. The number of urea groups is 1. The van der Waals surface area contributed by atoms with E-state index in [9.17, 15) is 9.59 Å². The van der Waals surface area contributed by atoms with E-state index in [1.165, 1.54) is 9.13 Å². The fourth-order valence-corrected chi connectivity index (χ4v) is 1.36. The molecule has 1 saturated heterocycles. The fourth-order valence-electron chi connectivity index (χ4n) is 1.36. The number of rotatable bonds is 0. The summed E-state index contributed by atoms with van der Waals surface area (Å²) < 4.78 is 3.06. The van der Waals surface area contributed by atoms with Crippen molar-refractivity contribution in [2.75, 3.05) is 27.2 Å². The van der Waals surface area contributed by atoms with Crippen LogP contribution < -0.4 is 5.69 Å².